The first-order chi connectivity index (χ1) is 10.3. The fraction of sp³-hybridized carbons (Fsp3) is 0.688. The average Bonchev–Trinajstić information content (AvgIpc) is 3.12. The van der Waals surface area contributed by atoms with E-state index in [0.29, 0.717) is 11.8 Å². The quantitative estimate of drug-likeness (QED) is 0.900. The molecule has 0 aliphatic carbocycles. The lowest BCUT2D eigenvalue weighted by atomic mass is 10.0. The number of carbonyl (C=O) groups excluding carboxylic acids is 1. The van der Waals surface area contributed by atoms with Crippen molar-refractivity contribution in [3.05, 3.63) is 22.4 Å². The van der Waals surface area contributed by atoms with Gasteiger partial charge in [0.1, 0.15) is 6.17 Å². The Morgan fingerprint density at radius 1 is 1.38 bits per heavy atom. The van der Waals surface area contributed by atoms with Crippen LogP contribution in [0.1, 0.15) is 43.6 Å². The molecule has 0 saturated carbocycles. The number of hydrogen-bond donors (Lipinski definition) is 1. The first-order valence-electron chi connectivity index (χ1n) is 7.97. The minimum Gasteiger partial charge on any atom is -0.320 e. The summed E-state index contributed by atoms with van der Waals surface area (Å²) in [7, 11) is 0. The zero-order valence-corrected chi connectivity index (χ0v) is 14.2. The van der Waals surface area contributed by atoms with Crippen LogP contribution in [0.15, 0.2) is 17.5 Å². The molecule has 3 rings (SSSR count). The van der Waals surface area contributed by atoms with Gasteiger partial charge < -0.3 is 4.90 Å². The van der Waals surface area contributed by atoms with Crippen LogP contribution in [-0.4, -0.2) is 34.9 Å². The molecule has 5 heteroatoms. The van der Waals surface area contributed by atoms with Gasteiger partial charge in [0.25, 0.3) is 0 Å². The summed E-state index contributed by atoms with van der Waals surface area (Å²) >= 11 is 3.80. The molecule has 116 valence electrons. The number of carbonyl (C=O) groups is 1. The summed E-state index contributed by atoms with van der Waals surface area (Å²) in [5, 5.41) is 5.67. The highest BCUT2D eigenvalue weighted by molar-refractivity contribution is 7.99. The smallest absolute Gasteiger partial charge is 0.241 e. The molecule has 0 radical (unpaired) electrons. The number of nitrogens with one attached hydrogen (secondary N) is 1. The van der Waals surface area contributed by atoms with Crippen molar-refractivity contribution in [1.82, 2.24) is 10.2 Å². The van der Waals surface area contributed by atoms with Gasteiger partial charge in [-0.1, -0.05) is 19.4 Å². The van der Waals surface area contributed by atoms with Crippen LogP contribution in [0.2, 0.25) is 0 Å². The Hall–Kier alpha value is -0.520. The molecule has 0 aromatic carbocycles. The maximum Gasteiger partial charge on any atom is 0.241 e. The fourth-order valence-electron chi connectivity index (χ4n) is 3.26. The van der Waals surface area contributed by atoms with Crippen LogP contribution in [-0.2, 0) is 4.79 Å². The molecule has 1 amide bonds. The first-order valence-corrected chi connectivity index (χ1v) is 10.0. The van der Waals surface area contributed by atoms with Crippen LogP contribution in [0.4, 0.5) is 0 Å². The highest BCUT2D eigenvalue weighted by Gasteiger charge is 2.40. The van der Waals surface area contributed by atoms with Crippen molar-refractivity contribution < 1.29 is 4.79 Å². The molecule has 2 fully saturated rings. The van der Waals surface area contributed by atoms with Crippen molar-refractivity contribution in [2.24, 2.45) is 5.92 Å². The molecule has 3 heterocycles. The van der Waals surface area contributed by atoms with Crippen LogP contribution in [0.5, 0.6) is 0 Å². The molecule has 0 bridgehead atoms. The van der Waals surface area contributed by atoms with Crippen molar-refractivity contribution in [3.63, 3.8) is 0 Å². The van der Waals surface area contributed by atoms with Gasteiger partial charge in [-0.2, -0.15) is 11.8 Å². The fourth-order valence-corrected chi connectivity index (χ4v) is 5.26. The Morgan fingerprint density at radius 3 is 2.86 bits per heavy atom. The summed E-state index contributed by atoms with van der Waals surface area (Å²) in [4.78, 5) is 16.1. The van der Waals surface area contributed by atoms with E-state index < -0.39 is 0 Å². The Balaban J connectivity index is 1.74. The van der Waals surface area contributed by atoms with E-state index in [9.17, 15) is 4.79 Å². The lowest BCUT2D eigenvalue weighted by Crippen LogP contribution is -2.36. The molecular formula is C16H24N2OS2. The average molecular weight is 325 g/mol. The molecule has 2 unspecified atom stereocenters. The normalized spacial score (nSPS) is 27.5. The minimum atomic E-state index is 0.0139. The molecule has 1 aromatic heterocycles. The van der Waals surface area contributed by atoms with Crippen molar-refractivity contribution in [1.29, 1.82) is 0 Å². The van der Waals surface area contributed by atoms with Gasteiger partial charge in [-0.05, 0) is 48.1 Å². The van der Waals surface area contributed by atoms with Gasteiger partial charge >= 0.3 is 0 Å². The van der Waals surface area contributed by atoms with E-state index in [-0.39, 0.29) is 12.2 Å². The molecule has 21 heavy (non-hydrogen) atoms. The van der Waals surface area contributed by atoms with E-state index in [4.69, 9.17) is 0 Å². The van der Waals surface area contributed by atoms with Gasteiger partial charge in [0, 0.05) is 11.4 Å². The van der Waals surface area contributed by atoms with E-state index in [0.717, 1.165) is 19.4 Å². The Morgan fingerprint density at radius 2 is 2.19 bits per heavy atom. The number of nitrogens with zero attached hydrogens (tertiary/aromatic N) is 1. The van der Waals surface area contributed by atoms with E-state index in [1.54, 1.807) is 11.3 Å². The number of thioether (sulfide) groups is 1. The Kier molecular flexibility index (Phi) is 5.24. The van der Waals surface area contributed by atoms with Crippen LogP contribution in [0, 0.1) is 5.92 Å². The molecular weight excluding hydrogens is 300 g/mol. The third kappa shape index (κ3) is 3.46. The van der Waals surface area contributed by atoms with Gasteiger partial charge in [0.05, 0.1) is 6.04 Å². The third-order valence-corrected chi connectivity index (χ3v) is 6.41. The highest BCUT2D eigenvalue weighted by atomic mass is 32.2. The summed E-state index contributed by atoms with van der Waals surface area (Å²) < 4.78 is 0. The van der Waals surface area contributed by atoms with Crippen LogP contribution < -0.4 is 5.32 Å². The summed E-state index contributed by atoms with van der Waals surface area (Å²) in [5.74, 6) is 3.50. The molecule has 3 nitrogen and oxygen atoms in total. The molecule has 2 saturated heterocycles. The lowest BCUT2D eigenvalue weighted by Gasteiger charge is -2.30. The molecule has 1 N–H and O–H groups in total. The van der Waals surface area contributed by atoms with Crippen molar-refractivity contribution in [3.8, 4) is 0 Å². The predicted molar refractivity (Wildman–Crippen MR) is 90.7 cm³/mol. The van der Waals surface area contributed by atoms with Gasteiger partial charge in [-0.3, -0.25) is 10.1 Å². The van der Waals surface area contributed by atoms with Crippen LogP contribution in [0.3, 0.4) is 0 Å². The Bertz CT molecular complexity index is 457. The van der Waals surface area contributed by atoms with Gasteiger partial charge in [-0.25, -0.2) is 0 Å². The SMILES string of the molecule is CCCC1NC(c2cccs2)N(CC2CCSCC2)C1=O. The van der Waals surface area contributed by atoms with E-state index in [1.807, 2.05) is 11.8 Å². The second-order valence-corrected chi connectivity index (χ2v) is 8.18. The number of hydrogen-bond acceptors (Lipinski definition) is 4. The van der Waals surface area contributed by atoms with Gasteiger partial charge in [0.15, 0.2) is 0 Å². The second-order valence-electron chi connectivity index (χ2n) is 5.97. The summed E-state index contributed by atoms with van der Waals surface area (Å²) in [6.45, 7) is 3.07. The van der Waals surface area contributed by atoms with Crippen LogP contribution in [0.25, 0.3) is 0 Å². The number of rotatable bonds is 5. The monoisotopic (exact) mass is 324 g/mol. The van der Waals surface area contributed by atoms with E-state index in [2.05, 4.69) is 34.7 Å². The lowest BCUT2D eigenvalue weighted by molar-refractivity contribution is -0.130. The minimum absolute atomic E-state index is 0.0139. The van der Waals surface area contributed by atoms with E-state index in [1.165, 1.54) is 29.2 Å². The number of thiophene rings is 1. The largest absolute Gasteiger partial charge is 0.320 e. The van der Waals surface area contributed by atoms with Crippen molar-refractivity contribution in [2.75, 3.05) is 18.1 Å². The van der Waals surface area contributed by atoms with Gasteiger partial charge in [0.2, 0.25) is 5.91 Å². The molecule has 0 spiro atoms. The number of amides is 1. The second kappa shape index (κ2) is 7.16. The first kappa shape index (κ1) is 15.4. The van der Waals surface area contributed by atoms with Crippen molar-refractivity contribution in [2.45, 2.75) is 44.8 Å². The molecule has 1 aromatic rings. The van der Waals surface area contributed by atoms with Crippen molar-refractivity contribution >= 4 is 29.0 Å². The van der Waals surface area contributed by atoms with Crippen LogP contribution >= 0.6 is 23.1 Å². The highest BCUT2D eigenvalue weighted by Crippen LogP contribution is 2.33. The summed E-state index contributed by atoms with van der Waals surface area (Å²) in [6, 6.07) is 4.24. The predicted octanol–water partition coefficient (Wildman–Crippen LogP) is 3.49. The maximum absolute atomic E-state index is 12.7. The zero-order valence-electron chi connectivity index (χ0n) is 12.6. The third-order valence-electron chi connectivity index (χ3n) is 4.44. The topological polar surface area (TPSA) is 32.3 Å². The molecule has 2 atom stereocenters. The Labute approximate surface area is 135 Å². The van der Waals surface area contributed by atoms with Gasteiger partial charge in [-0.15, -0.1) is 11.3 Å². The maximum atomic E-state index is 12.7. The zero-order chi connectivity index (χ0) is 14.7. The standard InChI is InChI=1S/C16H24N2OS2/c1-2-4-13-16(19)18(11-12-6-9-20-10-7-12)15(17-13)14-5-3-8-21-14/h3,5,8,12-13,15,17H,2,4,6-7,9-11H2,1H3. The molecule has 2 aliphatic rings. The summed E-state index contributed by atoms with van der Waals surface area (Å²) in [6.07, 6.45) is 4.60. The summed E-state index contributed by atoms with van der Waals surface area (Å²) in [5.41, 5.74) is 0. The molecule has 2 aliphatic heterocycles. The van der Waals surface area contributed by atoms with E-state index >= 15 is 0 Å².